The molecule has 0 aliphatic heterocycles. The molecule has 0 aliphatic rings. The van der Waals surface area contributed by atoms with Gasteiger partial charge in [0, 0.05) is 11.8 Å². The van der Waals surface area contributed by atoms with Crippen molar-refractivity contribution >= 4 is 17.5 Å². The molecule has 0 radical (unpaired) electrons. The first-order chi connectivity index (χ1) is 9.20. The molecule has 94 valence electrons. The van der Waals surface area contributed by atoms with Crippen molar-refractivity contribution in [3.63, 3.8) is 0 Å². The fourth-order valence-corrected chi connectivity index (χ4v) is 2.54. The average molecular weight is 268 g/mol. The Labute approximate surface area is 116 Å². The number of carbonyl (C=O) groups excluding carboxylic acids is 1. The van der Waals surface area contributed by atoms with E-state index in [1.54, 1.807) is 30.5 Å². The van der Waals surface area contributed by atoms with Crippen LogP contribution in [-0.2, 0) is 0 Å². The quantitative estimate of drug-likeness (QED) is 0.630. The Bertz CT molecular complexity index is 620. The SMILES string of the molecule is C[C@@H](Sc1cc(C#N)ccn1)C(=O)c1ccccc1. The van der Waals surface area contributed by atoms with E-state index >= 15 is 0 Å². The number of nitrogens with zero attached hydrogens (tertiary/aromatic N) is 2. The number of aromatic nitrogens is 1. The van der Waals surface area contributed by atoms with E-state index in [0.29, 0.717) is 16.2 Å². The number of hydrogen-bond donors (Lipinski definition) is 0. The Morgan fingerprint density at radius 1 is 1.32 bits per heavy atom. The predicted molar refractivity (Wildman–Crippen MR) is 75.0 cm³/mol. The van der Waals surface area contributed by atoms with Crippen LogP contribution in [0.15, 0.2) is 53.7 Å². The molecule has 0 bridgehead atoms. The first kappa shape index (κ1) is 13.3. The standard InChI is InChI=1S/C15H12N2OS/c1-11(15(18)13-5-3-2-4-6-13)19-14-9-12(10-16)7-8-17-14/h2-9,11H,1H3/t11-/m1/s1. The number of carbonyl (C=O) groups is 1. The summed E-state index contributed by atoms with van der Waals surface area (Å²) in [6.07, 6.45) is 1.58. The van der Waals surface area contributed by atoms with Crippen molar-refractivity contribution in [2.45, 2.75) is 17.2 Å². The van der Waals surface area contributed by atoms with Gasteiger partial charge in [0.15, 0.2) is 5.78 Å². The van der Waals surface area contributed by atoms with Crippen molar-refractivity contribution in [3.05, 3.63) is 59.8 Å². The molecule has 1 aromatic heterocycles. The van der Waals surface area contributed by atoms with E-state index in [4.69, 9.17) is 5.26 Å². The average Bonchev–Trinajstić information content (AvgIpc) is 2.47. The minimum atomic E-state index is -0.233. The number of ketones is 1. The highest BCUT2D eigenvalue weighted by molar-refractivity contribution is 8.00. The summed E-state index contributed by atoms with van der Waals surface area (Å²) < 4.78 is 0. The molecule has 0 saturated carbocycles. The number of rotatable bonds is 4. The van der Waals surface area contributed by atoms with Crippen LogP contribution in [0.4, 0.5) is 0 Å². The Morgan fingerprint density at radius 2 is 2.05 bits per heavy atom. The lowest BCUT2D eigenvalue weighted by Crippen LogP contribution is -2.13. The predicted octanol–water partition coefficient (Wildman–Crippen LogP) is 3.32. The minimum absolute atomic E-state index is 0.0646. The minimum Gasteiger partial charge on any atom is -0.293 e. The summed E-state index contributed by atoms with van der Waals surface area (Å²) in [5.74, 6) is 0.0646. The fraction of sp³-hybridized carbons (Fsp3) is 0.133. The molecule has 3 nitrogen and oxygen atoms in total. The van der Waals surface area contributed by atoms with E-state index in [9.17, 15) is 4.79 Å². The summed E-state index contributed by atoms with van der Waals surface area (Å²) in [5, 5.41) is 9.29. The topological polar surface area (TPSA) is 53.8 Å². The Kier molecular flexibility index (Phi) is 4.32. The molecule has 0 fully saturated rings. The van der Waals surface area contributed by atoms with Gasteiger partial charge in [-0.1, -0.05) is 42.1 Å². The molecule has 19 heavy (non-hydrogen) atoms. The van der Waals surface area contributed by atoms with Gasteiger partial charge in [0.25, 0.3) is 0 Å². The first-order valence-corrected chi connectivity index (χ1v) is 6.71. The molecule has 0 amide bonds. The third-order valence-corrected chi connectivity index (χ3v) is 3.62. The fourth-order valence-electron chi connectivity index (χ4n) is 1.62. The summed E-state index contributed by atoms with van der Waals surface area (Å²) in [7, 11) is 0. The third kappa shape index (κ3) is 3.43. The molecule has 1 heterocycles. The van der Waals surface area contributed by atoms with Crippen LogP contribution in [0.2, 0.25) is 0 Å². The van der Waals surface area contributed by atoms with Crippen LogP contribution in [0.3, 0.4) is 0 Å². The van der Waals surface area contributed by atoms with Gasteiger partial charge >= 0.3 is 0 Å². The molecule has 0 N–H and O–H groups in total. The monoisotopic (exact) mass is 268 g/mol. The molecular weight excluding hydrogens is 256 g/mol. The Balaban J connectivity index is 2.11. The van der Waals surface area contributed by atoms with E-state index < -0.39 is 0 Å². The zero-order valence-electron chi connectivity index (χ0n) is 10.4. The van der Waals surface area contributed by atoms with Gasteiger partial charge in [-0.05, 0) is 19.1 Å². The van der Waals surface area contributed by atoms with Gasteiger partial charge in [0.2, 0.25) is 0 Å². The molecular formula is C15H12N2OS. The second kappa shape index (κ2) is 6.17. The highest BCUT2D eigenvalue weighted by Gasteiger charge is 2.16. The summed E-state index contributed by atoms with van der Waals surface area (Å²) in [6, 6.07) is 14.6. The Morgan fingerprint density at radius 3 is 2.74 bits per heavy atom. The van der Waals surface area contributed by atoms with E-state index in [1.165, 1.54) is 11.8 Å². The highest BCUT2D eigenvalue weighted by Crippen LogP contribution is 2.24. The maximum Gasteiger partial charge on any atom is 0.175 e. The van der Waals surface area contributed by atoms with Gasteiger partial charge in [-0.3, -0.25) is 4.79 Å². The lowest BCUT2D eigenvalue weighted by atomic mass is 10.1. The van der Waals surface area contributed by atoms with Crippen molar-refractivity contribution < 1.29 is 4.79 Å². The number of thioether (sulfide) groups is 1. The van der Waals surface area contributed by atoms with Crippen molar-refractivity contribution in [2.75, 3.05) is 0 Å². The van der Waals surface area contributed by atoms with Gasteiger partial charge in [-0.25, -0.2) is 4.98 Å². The second-order valence-electron chi connectivity index (χ2n) is 3.98. The molecule has 1 aromatic carbocycles. The summed E-state index contributed by atoms with van der Waals surface area (Å²) in [4.78, 5) is 16.4. The van der Waals surface area contributed by atoms with Crippen LogP contribution < -0.4 is 0 Å². The summed E-state index contributed by atoms with van der Waals surface area (Å²) in [6.45, 7) is 1.85. The smallest absolute Gasteiger partial charge is 0.175 e. The van der Waals surface area contributed by atoms with Crippen molar-refractivity contribution in [1.29, 1.82) is 5.26 Å². The van der Waals surface area contributed by atoms with Gasteiger partial charge in [-0.15, -0.1) is 0 Å². The third-order valence-electron chi connectivity index (χ3n) is 2.59. The van der Waals surface area contributed by atoms with Crippen LogP contribution in [0.5, 0.6) is 0 Å². The first-order valence-electron chi connectivity index (χ1n) is 5.83. The maximum absolute atomic E-state index is 12.2. The normalized spacial score (nSPS) is 11.6. The van der Waals surface area contributed by atoms with Crippen molar-refractivity contribution in [3.8, 4) is 6.07 Å². The number of benzene rings is 1. The summed E-state index contributed by atoms with van der Waals surface area (Å²) in [5.41, 5.74) is 1.25. The second-order valence-corrected chi connectivity index (χ2v) is 5.35. The molecule has 0 unspecified atom stereocenters. The van der Waals surface area contributed by atoms with Crippen LogP contribution >= 0.6 is 11.8 Å². The number of nitriles is 1. The highest BCUT2D eigenvalue weighted by atomic mass is 32.2. The number of pyridine rings is 1. The van der Waals surface area contributed by atoms with Crippen LogP contribution in [-0.4, -0.2) is 16.0 Å². The number of hydrogen-bond acceptors (Lipinski definition) is 4. The van der Waals surface area contributed by atoms with Crippen LogP contribution in [0.25, 0.3) is 0 Å². The van der Waals surface area contributed by atoms with Gasteiger partial charge in [-0.2, -0.15) is 5.26 Å². The largest absolute Gasteiger partial charge is 0.293 e. The van der Waals surface area contributed by atoms with E-state index in [2.05, 4.69) is 11.1 Å². The zero-order valence-corrected chi connectivity index (χ0v) is 11.2. The van der Waals surface area contributed by atoms with Gasteiger partial charge in [0.05, 0.1) is 21.9 Å². The molecule has 2 aromatic rings. The van der Waals surface area contributed by atoms with E-state index in [1.807, 2.05) is 25.1 Å². The van der Waals surface area contributed by atoms with Crippen molar-refractivity contribution in [2.24, 2.45) is 0 Å². The maximum atomic E-state index is 12.2. The van der Waals surface area contributed by atoms with Crippen molar-refractivity contribution in [1.82, 2.24) is 4.98 Å². The molecule has 2 rings (SSSR count). The van der Waals surface area contributed by atoms with Crippen LogP contribution in [0.1, 0.15) is 22.8 Å². The zero-order chi connectivity index (χ0) is 13.7. The van der Waals surface area contributed by atoms with Gasteiger partial charge < -0.3 is 0 Å². The molecule has 4 heteroatoms. The molecule has 0 saturated heterocycles. The lowest BCUT2D eigenvalue weighted by molar-refractivity contribution is 0.0994. The van der Waals surface area contributed by atoms with Gasteiger partial charge in [0.1, 0.15) is 0 Å². The number of Topliss-reactive ketones (excluding diaryl/α,β-unsaturated/α-hetero) is 1. The Hall–Kier alpha value is -2.12. The lowest BCUT2D eigenvalue weighted by Gasteiger charge is -2.09. The molecule has 0 aliphatic carbocycles. The van der Waals surface area contributed by atoms with E-state index in [0.717, 1.165) is 0 Å². The molecule has 1 atom stereocenters. The summed E-state index contributed by atoms with van der Waals surface area (Å²) >= 11 is 1.36. The van der Waals surface area contributed by atoms with E-state index in [-0.39, 0.29) is 11.0 Å². The molecule has 0 spiro atoms. The van der Waals surface area contributed by atoms with Crippen LogP contribution in [0, 0.1) is 11.3 Å².